The van der Waals surface area contributed by atoms with Crippen LogP contribution < -0.4 is 14.2 Å². The molecule has 1 heterocycles. The summed E-state index contributed by atoms with van der Waals surface area (Å²) in [5, 5.41) is 6.66. The molecule has 6 nitrogen and oxygen atoms in total. The van der Waals surface area contributed by atoms with Crippen molar-refractivity contribution < 1.29 is 14.2 Å². The third-order valence-corrected chi connectivity index (χ3v) is 2.31. The van der Waals surface area contributed by atoms with Gasteiger partial charge in [0.1, 0.15) is 11.5 Å². The Bertz CT molecular complexity index is 510. The maximum atomic E-state index is 5.26. The lowest BCUT2D eigenvalue weighted by Crippen LogP contribution is -1.91. The fourth-order valence-electron chi connectivity index (χ4n) is 1.46. The van der Waals surface area contributed by atoms with Crippen molar-refractivity contribution in [1.82, 2.24) is 15.2 Å². The summed E-state index contributed by atoms with van der Waals surface area (Å²) in [5.41, 5.74) is 0.766. The van der Waals surface area contributed by atoms with E-state index in [2.05, 4.69) is 15.2 Å². The Labute approximate surface area is 98.5 Å². The monoisotopic (exact) mass is 235 g/mol. The average Bonchev–Trinajstić information content (AvgIpc) is 2.86. The summed E-state index contributed by atoms with van der Waals surface area (Å²) >= 11 is 0. The second-order valence-electron chi connectivity index (χ2n) is 3.24. The van der Waals surface area contributed by atoms with Gasteiger partial charge in [-0.25, -0.2) is 0 Å². The Morgan fingerprint density at radius 1 is 1.06 bits per heavy atom. The van der Waals surface area contributed by atoms with Gasteiger partial charge < -0.3 is 14.2 Å². The number of hydrogen-bond donors (Lipinski definition) is 1. The van der Waals surface area contributed by atoms with Crippen LogP contribution in [-0.4, -0.2) is 36.5 Å². The first-order valence-corrected chi connectivity index (χ1v) is 4.97. The van der Waals surface area contributed by atoms with E-state index in [4.69, 9.17) is 14.2 Å². The minimum atomic E-state index is 0.282. The number of ether oxygens (including phenoxy) is 3. The van der Waals surface area contributed by atoms with Gasteiger partial charge in [-0.2, -0.15) is 4.98 Å². The lowest BCUT2D eigenvalue weighted by molar-refractivity contribution is 0.382. The van der Waals surface area contributed by atoms with Gasteiger partial charge in [-0.3, -0.25) is 5.10 Å². The number of nitrogens with one attached hydrogen (secondary N) is 1. The number of methoxy groups -OCH3 is 3. The first kappa shape index (κ1) is 11.3. The molecule has 0 aliphatic heterocycles. The predicted molar refractivity (Wildman–Crippen MR) is 61.5 cm³/mol. The van der Waals surface area contributed by atoms with Gasteiger partial charge in [-0.05, 0) is 18.2 Å². The van der Waals surface area contributed by atoms with Gasteiger partial charge in [0.25, 0.3) is 0 Å². The van der Waals surface area contributed by atoms with E-state index in [1.54, 1.807) is 14.2 Å². The van der Waals surface area contributed by atoms with Gasteiger partial charge in [-0.15, -0.1) is 5.10 Å². The van der Waals surface area contributed by atoms with Crippen molar-refractivity contribution in [2.45, 2.75) is 0 Å². The van der Waals surface area contributed by atoms with Crippen LogP contribution in [0.3, 0.4) is 0 Å². The normalized spacial score (nSPS) is 10.1. The van der Waals surface area contributed by atoms with Gasteiger partial charge in [0.05, 0.1) is 26.9 Å². The maximum Gasteiger partial charge on any atom is 0.335 e. The van der Waals surface area contributed by atoms with E-state index in [1.165, 1.54) is 7.11 Å². The second-order valence-corrected chi connectivity index (χ2v) is 3.24. The molecule has 0 aliphatic rings. The van der Waals surface area contributed by atoms with Crippen LogP contribution in [0.5, 0.6) is 17.5 Å². The topological polar surface area (TPSA) is 69.3 Å². The van der Waals surface area contributed by atoms with Crippen LogP contribution in [-0.2, 0) is 0 Å². The van der Waals surface area contributed by atoms with Crippen LogP contribution >= 0.6 is 0 Å². The SMILES string of the molecule is COc1ccc(OC)c(-c2nc(OC)n[nH]2)c1. The van der Waals surface area contributed by atoms with Gasteiger partial charge >= 0.3 is 6.01 Å². The molecule has 0 fully saturated rings. The van der Waals surface area contributed by atoms with Gasteiger partial charge in [0.15, 0.2) is 5.82 Å². The molecule has 2 aromatic rings. The maximum absolute atomic E-state index is 5.26. The second kappa shape index (κ2) is 4.73. The van der Waals surface area contributed by atoms with Crippen molar-refractivity contribution >= 4 is 0 Å². The largest absolute Gasteiger partial charge is 0.497 e. The Balaban J connectivity index is 2.47. The van der Waals surface area contributed by atoms with E-state index in [9.17, 15) is 0 Å². The number of rotatable bonds is 4. The zero-order valence-electron chi connectivity index (χ0n) is 9.85. The molecule has 0 amide bonds. The first-order valence-electron chi connectivity index (χ1n) is 4.97. The molecular weight excluding hydrogens is 222 g/mol. The molecule has 0 spiro atoms. The molecule has 0 atom stereocenters. The Morgan fingerprint density at radius 2 is 1.88 bits per heavy atom. The highest BCUT2D eigenvalue weighted by Gasteiger charge is 2.12. The standard InChI is InChI=1S/C11H13N3O3/c1-15-7-4-5-9(16-2)8(6-7)10-12-11(17-3)14-13-10/h4-6H,1-3H3,(H,12,13,14). The summed E-state index contributed by atoms with van der Waals surface area (Å²) in [6.07, 6.45) is 0. The van der Waals surface area contributed by atoms with E-state index in [-0.39, 0.29) is 6.01 Å². The molecule has 0 saturated carbocycles. The van der Waals surface area contributed by atoms with E-state index >= 15 is 0 Å². The molecule has 17 heavy (non-hydrogen) atoms. The third kappa shape index (κ3) is 2.15. The van der Waals surface area contributed by atoms with Crippen LogP contribution in [0.15, 0.2) is 18.2 Å². The molecule has 2 rings (SSSR count). The molecule has 90 valence electrons. The molecule has 0 saturated heterocycles. The lowest BCUT2D eigenvalue weighted by Gasteiger charge is -2.07. The number of benzene rings is 1. The zero-order chi connectivity index (χ0) is 12.3. The number of aromatic amines is 1. The zero-order valence-corrected chi connectivity index (χ0v) is 9.85. The highest BCUT2D eigenvalue weighted by atomic mass is 16.5. The van der Waals surface area contributed by atoms with Gasteiger partial charge in [0, 0.05) is 0 Å². The van der Waals surface area contributed by atoms with Crippen LogP contribution in [0.2, 0.25) is 0 Å². The highest BCUT2D eigenvalue weighted by molar-refractivity contribution is 5.66. The van der Waals surface area contributed by atoms with Crippen molar-refractivity contribution in [2.75, 3.05) is 21.3 Å². The average molecular weight is 235 g/mol. The molecule has 1 N–H and O–H groups in total. The quantitative estimate of drug-likeness (QED) is 0.869. The summed E-state index contributed by atoms with van der Waals surface area (Å²) in [4.78, 5) is 4.16. The number of hydrogen-bond acceptors (Lipinski definition) is 5. The van der Waals surface area contributed by atoms with E-state index in [0.717, 1.165) is 11.3 Å². The molecule has 0 radical (unpaired) electrons. The van der Waals surface area contributed by atoms with Gasteiger partial charge in [0.2, 0.25) is 0 Å². The molecule has 0 bridgehead atoms. The third-order valence-electron chi connectivity index (χ3n) is 2.31. The fourth-order valence-corrected chi connectivity index (χ4v) is 1.46. The highest BCUT2D eigenvalue weighted by Crippen LogP contribution is 2.31. The molecule has 0 aliphatic carbocycles. The Hall–Kier alpha value is -2.24. The predicted octanol–water partition coefficient (Wildman–Crippen LogP) is 1.50. The number of H-pyrrole nitrogens is 1. The summed E-state index contributed by atoms with van der Waals surface area (Å²) in [6.45, 7) is 0. The molecule has 6 heteroatoms. The first-order chi connectivity index (χ1) is 8.28. The van der Waals surface area contributed by atoms with E-state index < -0.39 is 0 Å². The summed E-state index contributed by atoms with van der Waals surface area (Å²) in [5.74, 6) is 1.97. The van der Waals surface area contributed by atoms with E-state index in [1.807, 2.05) is 18.2 Å². The minimum Gasteiger partial charge on any atom is -0.497 e. The van der Waals surface area contributed by atoms with E-state index in [0.29, 0.717) is 11.6 Å². The van der Waals surface area contributed by atoms with Crippen molar-refractivity contribution in [3.05, 3.63) is 18.2 Å². The molecular formula is C11H13N3O3. The Morgan fingerprint density at radius 3 is 2.47 bits per heavy atom. The Kier molecular flexibility index (Phi) is 3.13. The molecule has 1 aromatic heterocycles. The van der Waals surface area contributed by atoms with Crippen LogP contribution in [0.4, 0.5) is 0 Å². The van der Waals surface area contributed by atoms with Crippen molar-refractivity contribution in [3.63, 3.8) is 0 Å². The smallest absolute Gasteiger partial charge is 0.335 e. The molecule has 1 aromatic carbocycles. The summed E-state index contributed by atoms with van der Waals surface area (Å²) < 4.78 is 15.3. The van der Waals surface area contributed by atoms with Gasteiger partial charge in [-0.1, -0.05) is 0 Å². The number of nitrogens with zero attached hydrogens (tertiary/aromatic N) is 2. The van der Waals surface area contributed by atoms with Crippen molar-refractivity contribution in [2.24, 2.45) is 0 Å². The fraction of sp³-hybridized carbons (Fsp3) is 0.273. The summed E-state index contributed by atoms with van der Waals surface area (Å²) in [7, 11) is 4.71. The lowest BCUT2D eigenvalue weighted by atomic mass is 10.2. The molecule has 0 unspecified atom stereocenters. The minimum absolute atomic E-state index is 0.282. The summed E-state index contributed by atoms with van der Waals surface area (Å²) in [6, 6.07) is 5.72. The van der Waals surface area contributed by atoms with Crippen molar-refractivity contribution in [1.29, 1.82) is 0 Å². The van der Waals surface area contributed by atoms with Crippen LogP contribution in [0.25, 0.3) is 11.4 Å². The number of aromatic nitrogens is 3. The van der Waals surface area contributed by atoms with Crippen LogP contribution in [0, 0.1) is 0 Å². The van der Waals surface area contributed by atoms with Crippen LogP contribution in [0.1, 0.15) is 0 Å². The van der Waals surface area contributed by atoms with Crippen molar-refractivity contribution in [3.8, 4) is 28.9 Å².